The first kappa shape index (κ1) is 18.2. The predicted molar refractivity (Wildman–Crippen MR) is 95.8 cm³/mol. The van der Waals surface area contributed by atoms with Gasteiger partial charge in [-0.25, -0.2) is 18.7 Å². The van der Waals surface area contributed by atoms with Gasteiger partial charge in [-0.2, -0.15) is 0 Å². The number of amides is 1. The fourth-order valence-electron chi connectivity index (χ4n) is 3.16. The molecule has 1 aliphatic rings. The number of hydrogen-bond donors (Lipinski definition) is 2. The normalized spacial score (nSPS) is 15.2. The third-order valence-electron chi connectivity index (χ3n) is 4.59. The summed E-state index contributed by atoms with van der Waals surface area (Å²) in [4.78, 5) is 35.3. The summed E-state index contributed by atoms with van der Waals surface area (Å²) in [6, 6.07) is 3.92. The van der Waals surface area contributed by atoms with Crippen molar-refractivity contribution >= 4 is 17.4 Å². The number of pyridine rings is 1. The van der Waals surface area contributed by atoms with Crippen LogP contribution < -0.4 is 10.9 Å². The van der Waals surface area contributed by atoms with E-state index in [0.29, 0.717) is 13.2 Å². The number of imidazole rings is 1. The number of ether oxygens (including phenoxy) is 1. The minimum atomic E-state index is -2.75. The van der Waals surface area contributed by atoms with Gasteiger partial charge in [-0.3, -0.25) is 14.0 Å². The van der Waals surface area contributed by atoms with Crippen LogP contribution in [0.1, 0.15) is 47.1 Å². The van der Waals surface area contributed by atoms with Crippen molar-refractivity contribution in [2.45, 2.75) is 25.2 Å². The van der Waals surface area contributed by atoms with Crippen LogP contribution in [0.25, 0.3) is 5.65 Å². The Hall–Kier alpha value is -3.14. The summed E-state index contributed by atoms with van der Waals surface area (Å²) >= 11 is 0. The minimum Gasteiger partial charge on any atom is -0.381 e. The summed E-state index contributed by atoms with van der Waals surface area (Å²) < 4.78 is 32.3. The highest BCUT2D eigenvalue weighted by Gasteiger charge is 2.20. The van der Waals surface area contributed by atoms with Crippen LogP contribution in [0.2, 0.25) is 0 Å². The van der Waals surface area contributed by atoms with Crippen LogP contribution in [0.15, 0.2) is 35.4 Å². The van der Waals surface area contributed by atoms with E-state index in [4.69, 9.17) is 4.74 Å². The summed E-state index contributed by atoms with van der Waals surface area (Å²) in [7, 11) is 0. The van der Waals surface area contributed by atoms with Gasteiger partial charge < -0.3 is 15.0 Å². The number of halogens is 2. The third-order valence-corrected chi connectivity index (χ3v) is 4.59. The Morgan fingerprint density at radius 1 is 1.25 bits per heavy atom. The lowest BCUT2D eigenvalue weighted by Crippen LogP contribution is -2.21. The number of carbonyl (C=O) groups is 1. The number of aromatic nitrogens is 4. The van der Waals surface area contributed by atoms with E-state index in [1.807, 2.05) is 0 Å². The number of H-pyrrole nitrogens is 1. The van der Waals surface area contributed by atoms with E-state index < -0.39 is 23.6 Å². The Balaban J connectivity index is 1.60. The maximum Gasteiger partial charge on any atom is 0.292 e. The van der Waals surface area contributed by atoms with E-state index >= 15 is 0 Å². The van der Waals surface area contributed by atoms with Crippen molar-refractivity contribution in [2.24, 2.45) is 0 Å². The first-order valence-electron chi connectivity index (χ1n) is 8.77. The molecule has 1 saturated heterocycles. The van der Waals surface area contributed by atoms with Crippen molar-refractivity contribution in [3.63, 3.8) is 0 Å². The summed E-state index contributed by atoms with van der Waals surface area (Å²) in [6.07, 6.45) is 2.07. The van der Waals surface area contributed by atoms with E-state index in [-0.39, 0.29) is 23.1 Å². The van der Waals surface area contributed by atoms with E-state index in [9.17, 15) is 18.4 Å². The number of hydrogen-bond acceptors (Lipinski definition) is 5. The average Bonchev–Trinajstić information content (AvgIpc) is 3.14. The second kappa shape index (κ2) is 7.47. The van der Waals surface area contributed by atoms with Crippen molar-refractivity contribution in [3.8, 4) is 0 Å². The van der Waals surface area contributed by atoms with Gasteiger partial charge in [-0.1, -0.05) is 6.07 Å². The molecule has 0 bridgehead atoms. The van der Waals surface area contributed by atoms with Crippen molar-refractivity contribution < 1.29 is 18.3 Å². The zero-order valence-electron chi connectivity index (χ0n) is 14.7. The number of nitrogens with zero attached hydrogens (tertiary/aromatic N) is 3. The number of aromatic amines is 1. The van der Waals surface area contributed by atoms with E-state index in [1.165, 1.54) is 22.7 Å². The minimum absolute atomic E-state index is 0.0299. The van der Waals surface area contributed by atoms with E-state index in [0.717, 1.165) is 24.6 Å². The molecule has 4 heterocycles. The van der Waals surface area contributed by atoms with Crippen molar-refractivity contribution in [2.75, 3.05) is 18.5 Å². The van der Waals surface area contributed by atoms with Crippen LogP contribution >= 0.6 is 0 Å². The molecule has 0 spiro atoms. The maximum atomic E-state index is 12.7. The summed E-state index contributed by atoms with van der Waals surface area (Å²) in [6.45, 7) is 1.29. The molecule has 3 aromatic heterocycles. The molecule has 1 fully saturated rings. The average molecular weight is 389 g/mol. The quantitative estimate of drug-likeness (QED) is 0.714. The van der Waals surface area contributed by atoms with Gasteiger partial charge in [0.25, 0.3) is 17.9 Å². The van der Waals surface area contributed by atoms with Gasteiger partial charge in [0.05, 0.1) is 5.69 Å². The van der Waals surface area contributed by atoms with Gasteiger partial charge in [0.15, 0.2) is 0 Å². The van der Waals surface area contributed by atoms with Crippen LogP contribution in [0, 0.1) is 0 Å². The first-order valence-corrected chi connectivity index (χ1v) is 8.77. The molecule has 0 unspecified atom stereocenters. The lowest BCUT2D eigenvalue weighted by Gasteiger charge is -2.19. The second-order valence-corrected chi connectivity index (χ2v) is 6.48. The molecule has 28 heavy (non-hydrogen) atoms. The number of nitrogens with one attached hydrogen (secondary N) is 2. The zero-order valence-corrected chi connectivity index (χ0v) is 14.7. The summed E-state index contributed by atoms with van der Waals surface area (Å²) in [5.41, 5.74) is -0.0242. The van der Waals surface area contributed by atoms with E-state index in [2.05, 4.69) is 20.3 Å². The topological polar surface area (TPSA) is 101 Å². The van der Waals surface area contributed by atoms with Crippen LogP contribution in [0.3, 0.4) is 0 Å². The third kappa shape index (κ3) is 3.63. The molecule has 3 aromatic rings. The number of fused-ring (bicyclic) bond motifs is 1. The largest absolute Gasteiger partial charge is 0.381 e. The molecule has 0 atom stereocenters. The van der Waals surface area contributed by atoms with Crippen LogP contribution in [-0.2, 0) is 4.74 Å². The highest BCUT2D eigenvalue weighted by atomic mass is 19.3. The lowest BCUT2D eigenvalue weighted by molar-refractivity contribution is 0.0846. The monoisotopic (exact) mass is 389 g/mol. The van der Waals surface area contributed by atoms with Gasteiger partial charge in [-0.15, -0.1) is 0 Å². The van der Waals surface area contributed by atoms with Gasteiger partial charge in [-0.05, 0) is 25.0 Å². The maximum absolute atomic E-state index is 12.7. The molecular weight excluding hydrogens is 372 g/mol. The molecule has 8 nitrogen and oxygen atoms in total. The van der Waals surface area contributed by atoms with Crippen LogP contribution in [-0.4, -0.2) is 38.5 Å². The fraction of sp³-hybridized carbons (Fsp3) is 0.333. The van der Waals surface area contributed by atoms with Crippen LogP contribution in [0.5, 0.6) is 0 Å². The predicted octanol–water partition coefficient (Wildman–Crippen LogP) is 2.50. The fourth-order valence-corrected chi connectivity index (χ4v) is 3.16. The number of anilines is 1. The Labute approximate surface area is 157 Å². The Kier molecular flexibility index (Phi) is 4.86. The van der Waals surface area contributed by atoms with E-state index in [1.54, 1.807) is 6.20 Å². The highest BCUT2D eigenvalue weighted by Crippen LogP contribution is 2.25. The lowest BCUT2D eigenvalue weighted by atomic mass is 9.97. The molecule has 0 aliphatic carbocycles. The summed E-state index contributed by atoms with van der Waals surface area (Å²) in [5, 5.41) is 2.41. The number of rotatable bonds is 4. The summed E-state index contributed by atoms with van der Waals surface area (Å²) in [5.74, 6) is -0.497. The second-order valence-electron chi connectivity index (χ2n) is 6.48. The molecule has 0 aromatic carbocycles. The molecule has 0 radical (unpaired) electrons. The van der Waals surface area contributed by atoms with Gasteiger partial charge in [0, 0.05) is 31.5 Å². The molecule has 2 N–H and O–H groups in total. The molecule has 0 saturated carbocycles. The Morgan fingerprint density at radius 3 is 2.79 bits per heavy atom. The van der Waals surface area contributed by atoms with Crippen molar-refractivity contribution in [1.29, 1.82) is 0 Å². The SMILES string of the molecule is O=C(Nc1cccc(C(F)F)n1)c1cn2cc(C3CCOCC3)nc2c(=O)[nH]1. The standard InChI is InChI=1S/C18H17F2N5O3/c19-15(20)11-2-1-3-14(21-11)24-17(26)13-9-25-8-12(10-4-6-28-7-5-10)22-16(25)18(27)23-13/h1-3,8-10,15H,4-7H2,(H,23,27)(H,21,24,26). The van der Waals surface area contributed by atoms with Crippen molar-refractivity contribution in [1.82, 2.24) is 19.4 Å². The highest BCUT2D eigenvalue weighted by molar-refractivity contribution is 6.02. The molecule has 10 heteroatoms. The molecule has 4 rings (SSSR count). The molecule has 1 aliphatic heterocycles. The molecule has 146 valence electrons. The van der Waals surface area contributed by atoms with Crippen molar-refractivity contribution in [3.05, 3.63) is 58.0 Å². The van der Waals surface area contributed by atoms with Gasteiger partial charge >= 0.3 is 0 Å². The number of carbonyl (C=O) groups excluding carboxylic acids is 1. The van der Waals surface area contributed by atoms with Gasteiger partial charge in [0.2, 0.25) is 5.65 Å². The zero-order chi connectivity index (χ0) is 19.7. The Morgan fingerprint density at radius 2 is 2.04 bits per heavy atom. The Bertz CT molecular complexity index is 1070. The van der Waals surface area contributed by atoms with Gasteiger partial charge in [0.1, 0.15) is 17.2 Å². The first-order chi connectivity index (χ1) is 13.5. The molecular formula is C18H17F2N5O3. The number of alkyl halides is 2. The van der Waals surface area contributed by atoms with Crippen LogP contribution in [0.4, 0.5) is 14.6 Å². The smallest absolute Gasteiger partial charge is 0.292 e. The molecule has 1 amide bonds.